The second-order valence-corrected chi connectivity index (χ2v) is 8.97. The number of rotatable bonds is 5. The average molecular weight is 492 g/mol. The van der Waals surface area contributed by atoms with Crippen molar-refractivity contribution >= 4 is 22.9 Å². The van der Waals surface area contributed by atoms with E-state index in [1.54, 1.807) is 26.5 Å². The summed E-state index contributed by atoms with van der Waals surface area (Å²) in [5.74, 6) is -0.373. The normalized spacial score (nSPS) is 17.9. The molecule has 2 atom stereocenters. The Kier molecular flexibility index (Phi) is 6.23. The van der Waals surface area contributed by atoms with Gasteiger partial charge in [0.05, 0.1) is 18.8 Å². The SMILES string of the molecule is C[C@@H]1CO[C@@H](C)CN1c1nc(Oc2ccc(C(=O)N(C)C)cc2F)nc(-c2cnc3[nH]ccc3c2)n1. The molecule has 11 heteroatoms. The Morgan fingerprint density at radius 3 is 2.81 bits per heavy atom. The Morgan fingerprint density at radius 2 is 2.03 bits per heavy atom. The van der Waals surface area contributed by atoms with Crippen LogP contribution < -0.4 is 9.64 Å². The van der Waals surface area contributed by atoms with Gasteiger partial charge in [0.2, 0.25) is 5.95 Å². The van der Waals surface area contributed by atoms with Crippen molar-refractivity contribution < 1.29 is 18.7 Å². The lowest BCUT2D eigenvalue weighted by Crippen LogP contribution is -2.48. The van der Waals surface area contributed by atoms with E-state index < -0.39 is 5.82 Å². The molecule has 0 bridgehead atoms. The lowest BCUT2D eigenvalue weighted by molar-refractivity contribution is 0.0336. The summed E-state index contributed by atoms with van der Waals surface area (Å²) in [7, 11) is 3.21. The van der Waals surface area contributed by atoms with Crippen molar-refractivity contribution in [2.24, 2.45) is 0 Å². The summed E-state index contributed by atoms with van der Waals surface area (Å²) in [5, 5.41) is 0.900. The minimum Gasteiger partial charge on any atom is -0.421 e. The molecule has 4 aromatic rings. The van der Waals surface area contributed by atoms with E-state index in [1.165, 1.54) is 17.0 Å². The van der Waals surface area contributed by atoms with Gasteiger partial charge >= 0.3 is 6.01 Å². The van der Waals surface area contributed by atoms with Crippen molar-refractivity contribution in [3.8, 4) is 23.1 Å². The molecule has 1 aliphatic rings. The Labute approximate surface area is 207 Å². The van der Waals surface area contributed by atoms with Crippen LogP contribution in [0.3, 0.4) is 0 Å². The zero-order chi connectivity index (χ0) is 25.4. The number of aromatic amines is 1. The summed E-state index contributed by atoms with van der Waals surface area (Å²) < 4.78 is 26.4. The zero-order valence-electron chi connectivity index (χ0n) is 20.4. The zero-order valence-corrected chi connectivity index (χ0v) is 20.4. The minimum atomic E-state index is -0.699. The van der Waals surface area contributed by atoms with E-state index >= 15 is 0 Å². The number of benzene rings is 1. The molecule has 36 heavy (non-hydrogen) atoms. The van der Waals surface area contributed by atoms with E-state index in [0.717, 1.165) is 17.1 Å². The number of anilines is 1. The third-order valence-electron chi connectivity index (χ3n) is 5.91. The highest BCUT2D eigenvalue weighted by atomic mass is 19.1. The number of aromatic nitrogens is 5. The summed E-state index contributed by atoms with van der Waals surface area (Å²) in [6, 6.07) is 7.79. The van der Waals surface area contributed by atoms with Gasteiger partial charge in [-0.3, -0.25) is 4.79 Å². The van der Waals surface area contributed by atoms with Crippen LogP contribution >= 0.6 is 0 Å². The van der Waals surface area contributed by atoms with Crippen LogP contribution in [0.2, 0.25) is 0 Å². The van der Waals surface area contributed by atoms with Gasteiger partial charge in [-0.05, 0) is 44.2 Å². The van der Waals surface area contributed by atoms with Crippen molar-refractivity contribution in [3.63, 3.8) is 0 Å². The fourth-order valence-electron chi connectivity index (χ4n) is 3.97. The number of fused-ring (bicyclic) bond motifs is 1. The van der Waals surface area contributed by atoms with Crippen molar-refractivity contribution in [2.75, 3.05) is 32.1 Å². The standard InChI is InChI=1S/C25H26FN7O3/c1-14-13-35-15(2)12-33(14)24-29-22(18-9-16-7-8-27-21(16)28-11-18)30-25(31-24)36-20-6-5-17(10-19(20)26)23(34)32(3)4/h5-11,14-15H,12-13H2,1-4H3,(H,27,28)/t14-,15+/m1/s1. The largest absolute Gasteiger partial charge is 0.421 e. The molecule has 1 aromatic carbocycles. The molecule has 186 valence electrons. The number of hydrogen-bond donors (Lipinski definition) is 1. The molecule has 5 rings (SSSR count). The van der Waals surface area contributed by atoms with Gasteiger partial charge in [0.25, 0.3) is 5.91 Å². The first kappa shape index (κ1) is 23.6. The smallest absolute Gasteiger partial charge is 0.327 e. The van der Waals surface area contributed by atoms with E-state index in [4.69, 9.17) is 14.5 Å². The highest BCUT2D eigenvalue weighted by molar-refractivity contribution is 5.94. The number of nitrogens with zero attached hydrogens (tertiary/aromatic N) is 6. The topological polar surface area (TPSA) is 109 Å². The summed E-state index contributed by atoms with van der Waals surface area (Å²) >= 11 is 0. The number of morpholine rings is 1. The average Bonchev–Trinajstić information content (AvgIpc) is 3.34. The maximum Gasteiger partial charge on any atom is 0.327 e. The van der Waals surface area contributed by atoms with Crippen LogP contribution in [0.1, 0.15) is 24.2 Å². The Balaban J connectivity index is 1.55. The first-order valence-electron chi connectivity index (χ1n) is 11.6. The number of nitrogens with one attached hydrogen (secondary N) is 1. The van der Waals surface area contributed by atoms with Gasteiger partial charge in [-0.2, -0.15) is 15.0 Å². The summed E-state index contributed by atoms with van der Waals surface area (Å²) in [6.45, 7) is 5.09. The molecular weight excluding hydrogens is 465 g/mol. The molecule has 4 heterocycles. The van der Waals surface area contributed by atoms with E-state index in [0.29, 0.717) is 30.5 Å². The predicted octanol–water partition coefficient (Wildman–Crippen LogP) is 3.66. The highest BCUT2D eigenvalue weighted by Crippen LogP contribution is 2.29. The van der Waals surface area contributed by atoms with E-state index in [9.17, 15) is 9.18 Å². The number of amides is 1. The quantitative estimate of drug-likeness (QED) is 0.451. The number of pyridine rings is 1. The Bertz CT molecular complexity index is 1420. The molecular formula is C25H26FN7O3. The van der Waals surface area contributed by atoms with Crippen molar-refractivity contribution in [1.82, 2.24) is 29.8 Å². The van der Waals surface area contributed by atoms with Gasteiger partial charge in [-0.1, -0.05) is 0 Å². The van der Waals surface area contributed by atoms with Crippen LogP contribution in [0.4, 0.5) is 10.3 Å². The summed E-state index contributed by atoms with van der Waals surface area (Å²) in [5.41, 5.74) is 1.62. The summed E-state index contributed by atoms with van der Waals surface area (Å²) in [4.78, 5) is 36.7. The second kappa shape index (κ2) is 9.50. The Hall–Kier alpha value is -4.12. The van der Waals surface area contributed by atoms with Crippen LogP contribution in [-0.4, -0.2) is 75.1 Å². The number of carbonyl (C=O) groups is 1. The monoisotopic (exact) mass is 491 g/mol. The predicted molar refractivity (Wildman–Crippen MR) is 132 cm³/mol. The van der Waals surface area contributed by atoms with Crippen LogP contribution in [0.15, 0.2) is 42.7 Å². The minimum absolute atomic E-state index is 0.0112. The van der Waals surface area contributed by atoms with Crippen LogP contribution in [-0.2, 0) is 4.74 Å². The molecule has 1 saturated heterocycles. The van der Waals surface area contributed by atoms with Crippen molar-refractivity contribution in [3.05, 3.63) is 54.1 Å². The lowest BCUT2D eigenvalue weighted by Gasteiger charge is -2.36. The molecule has 1 amide bonds. The number of H-pyrrole nitrogens is 1. The fourth-order valence-corrected chi connectivity index (χ4v) is 3.97. The van der Waals surface area contributed by atoms with Gasteiger partial charge in [-0.25, -0.2) is 9.37 Å². The maximum absolute atomic E-state index is 14.9. The molecule has 0 aliphatic carbocycles. The molecule has 1 N–H and O–H groups in total. The lowest BCUT2D eigenvalue weighted by atomic mass is 10.2. The van der Waals surface area contributed by atoms with Gasteiger partial charge in [-0.15, -0.1) is 0 Å². The Morgan fingerprint density at radius 1 is 1.19 bits per heavy atom. The molecule has 1 fully saturated rings. The van der Waals surface area contributed by atoms with Crippen LogP contribution in [0, 0.1) is 5.82 Å². The number of ether oxygens (including phenoxy) is 2. The molecule has 1 aliphatic heterocycles. The molecule has 0 saturated carbocycles. The number of hydrogen-bond acceptors (Lipinski definition) is 8. The number of halogens is 1. The molecule has 10 nitrogen and oxygen atoms in total. The second-order valence-electron chi connectivity index (χ2n) is 8.97. The molecule has 0 unspecified atom stereocenters. The van der Waals surface area contributed by atoms with Gasteiger partial charge in [0.15, 0.2) is 17.4 Å². The van der Waals surface area contributed by atoms with Crippen molar-refractivity contribution in [2.45, 2.75) is 26.0 Å². The highest BCUT2D eigenvalue weighted by Gasteiger charge is 2.27. The van der Waals surface area contributed by atoms with Gasteiger partial charge < -0.3 is 24.3 Å². The first-order chi connectivity index (χ1) is 17.3. The van der Waals surface area contributed by atoms with Gasteiger partial charge in [0, 0.05) is 49.5 Å². The van der Waals surface area contributed by atoms with Crippen molar-refractivity contribution in [1.29, 1.82) is 0 Å². The molecule has 0 radical (unpaired) electrons. The van der Waals surface area contributed by atoms with E-state index in [1.807, 2.05) is 30.9 Å². The molecule has 0 spiro atoms. The summed E-state index contributed by atoms with van der Waals surface area (Å²) in [6.07, 6.45) is 3.46. The maximum atomic E-state index is 14.9. The van der Waals surface area contributed by atoms with Gasteiger partial charge in [0.1, 0.15) is 5.65 Å². The third-order valence-corrected chi connectivity index (χ3v) is 5.91. The fraction of sp³-hybridized carbons (Fsp3) is 0.320. The number of carbonyl (C=O) groups excluding carboxylic acids is 1. The van der Waals surface area contributed by atoms with E-state index in [2.05, 4.69) is 19.9 Å². The van der Waals surface area contributed by atoms with E-state index in [-0.39, 0.29) is 35.4 Å². The van der Waals surface area contributed by atoms with Crippen LogP contribution in [0.25, 0.3) is 22.4 Å². The van der Waals surface area contributed by atoms with Crippen LogP contribution in [0.5, 0.6) is 11.8 Å². The first-order valence-corrected chi connectivity index (χ1v) is 11.6. The molecule has 3 aromatic heterocycles. The third kappa shape index (κ3) is 4.69.